The molecule has 1 nitrogen and oxygen atoms in total. The van der Waals surface area contributed by atoms with Gasteiger partial charge in [0.2, 0.25) is 0 Å². The van der Waals surface area contributed by atoms with Gasteiger partial charge in [0.25, 0.3) is 0 Å². The van der Waals surface area contributed by atoms with Crippen LogP contribution in [0.25, 0.3) is 6.08 Å². The highest BCUT2D eigenvalue weighted by Crippen LogP contribution is 2.34. The maximum atomic E-state index is 6.68. The predicted molar refractivity (Wildman–Crippen MR) is 138 cm³/mol. The van der Waals surface area contributed by atoms with Crippen LogP contribution < -0.4 is 0 Å². The molecule has 1 aliphatic rings. The van der Waals surface area contributed by atoms with Crippen LogP contribution in [0.1, 0.15) is 37.7 Å². The molecule has 1 aliphatic carbocycles. The molecule has 0 heterocycles. The van der Waals surface area contributed by atoms with Crippen LogP contribution in [0.15, 0.2) is 36.0 Å². The molecule has 0 amide bonds. The van der Waals surface area contributed by atoms with Crippen molar-refractivity contribution in [2.24, 2.45) is 0 Å². The summed E-state index contributed by atoms with van der Waals surface area (Å²) in [7, 11) is -4.51. The van der Waals surface area contributed by atoms with Crippen LogP contribution in [0.2, 0.25) is 57.9 Å². The van der Waals surface area contributed by atoms with Crippen molar-refractivity contribution >= 4 is 30.5 Å². The molecule has 0 aliphatic heterocycles. The van der Waals surface area contributed by atoms with Crippen LogP contribution in [0.5, 0.6) is 0 Å². The van der Waals surface area contributed by atoms with Gasteiger partial charge < -0.3 is 4.43 Å². The minimum Gasteiger partial charge on any atom is -0.402 e. The van der Waals surface area contributed by atoms with E-state index in [0.29, 0.717) is 0 Å². The van der Waals surface area contributed by atoms with Crippen LogP contribution in [0, 0.1) is 11.5 Å². The molecule has 1 aromatic carbocycles. The van der Waals surface area contributed by atoms with Gasteiger partial charge in [-0.2, -0.15) is 0 Å². The molecule has 0 atom stereocenters. The zero-order chi connectivity index (χ0) is 21.6. The molecule has 29 heavy (non-hydrogen) atoms. The monoisotopic (exact) mass is 442 g/mol. The zero-order valence-electron chi connectivity index (χ0n) is 19.9. The number of benzene rings is 1. The molecule has 0 radical (unpaired) electrons. The Labute approximate surface area is 183 Å². The van der Waals surface area contributed by atoms with Crippen molar-refractivity contribution < 1.29 is 4.43 Å². The lowest BCUT2D eigenvalue weighted by Gasteiger charge is -2.38. The highest BCUT2D eigenvalue weighted by molar-refractivity contribution is 6.89. The summed E-state index contributed by atoms with van der Waals surface area (Å²) in [5.41, 5.74) is 7.50. The number of hydrogen-bond acceptors (Lipinski definition) is 1. The van der Waals surface area contributed by atoms with E-state index in [0.717, 1.165) is 12.8 Å². The topological polar surface area (TPSA) is 9.23 Å². The first-order chi connectivity index (χ1) is 13.4. The summed E-state index contributed by atoms with van der Waals surface area (Å²) in [6.45, 7) is 16.8. The molecule has 4 heteroatoms. The van der Waals surface area contributed by atoms with Gasteiger partial charge in [0.15, 0.2) is 8.32 Å². The molecule has 0 N–H and O–H groups in total. The molecular weight excluding hydrogens is 401 g/mol. The van der Waals surface area contributed by atoms with Gasteiger partial charge in [-0.1, -0.05) is 86.7 Å². The van der Waals surface area contributed by atoms with Crippen LogP contribution in [0.4, 0.5) is 0 Å². The van der Waals surface area contributed by atoms with Crippen molar-refractivity contribution in [3.63, 3.8) is 0 Å². The maximum absolute atomic E-state index is 6.68. The van der Waals surface area contributed by atoms with Crippen molar-refractivity contribution in [3.05, 3.63) is 41.6 Å². The van der Waals surface area contributed by atoms with Crippen molar-refractivity contribution in [1.82, 2.24) is 0 Å². The fourth-order valence-electron chi connectivity index (χ4n) is 3.91. The summed E-state index contributed by atoms with van der Waals surface area (Å²) >= 11 is 0. The number of hydrogen-bond donors (Lipinski definition) is 0. The maximum Gasteiger partial charge on any atom is 0.185 e. The normalized spacial score (nSPS) is 17.8. The van der Waals surface area contributed by atoms with Crippen LogP contribution >= 0.6 is 0 Å². The van der Waals surface area contributed by atoms with Crippen molar-refractivity contribution in [2.75, 3.05) is 0 Å². The van der Waals surface area contributed by atoms with Crippen molar-refractivity contribution in [3.8, 4) is 11.5 Å². The molecule has 0 aromatic heterocycles. The highest BCUT2D eigenvalue weighted by Gasteiger charge is 2.36. The Hall–Kier alpha value is -0.869. The first-order valence-electron chi connectivity index (χ1n) is 11.4. The Morgan fingerprint density at radius 2 is 1.52 bits per heavy atom. The van der Waals surface area contributed by atoms with Crippen LogP contribution in [-0.4, -0.2) is 30.1 Å². The van der Waals surface area contributed by atoms with E-state index in [9.17, 15) is 0 Å². The fourth-order valence-corrected chi connectivity index (χ4v) is 11.9. The van der Waals surface area contributed by atoms with Gasteiger partial charge in [0, 0.05) is 0 Å². The van der Waals surface area contributed by atoms with E-state index >= 15 is 0 Å². The molecule has 160 valence electrons. The largest absolute Gasteiger partial charge is 0.402 e. The quantitative estimate of drug-likeness (QED) is 0.310. The van der Waals surface area contributed by atoms with Crippen molar-refractivity contribution in [2.45, 2.75) is 95.6 Å². The van der Waals surface area contributed by atoms with Gasteiger partial charge in [-0.05, 0) is 56.9 Å². The minimum absolute atomic E-state index is 0.146. The van der Waals surface area contributed by atoms with Crippen molar-refractivity contribution in [1.29, 1.82) is 0 Å². The molecule has 1 fully saturated rings. The van der Waals surface area contributed by atoms with Crippen LogP contribution in [0.3, 0.4) is 0 Å². The fraction of sp³-hybridized carbons (Fsp3) is 0.600. The SMILES string of the molecule is C[Si](C)(C#CC1(O[Si](C)(C)C)CCCCC1)CC[Si](C)(C)/C=C/c1ccccc1. The summed E-state index contributed by atoms with van der Waals surface area (Å²) in [5.74, 6) is 3.75. The standard InChI is InChI=1S/C25H42OSi3/c1-27(2,3)26-25(17-12-9-13-18-25)19-21-29(6,7)23-22-28(4,5)20-16-24-14-10-8-11-15-24/h8,10-11,14-16,20H,9,12-13,17-18,22-23H2,1-7H3/b20-16+. The molecular formula is C25H42OSi3. The van der Waals surface area contributed by atoms with Gasteiger partial charge in [0.05, 0.1) is 8.07 Å². The summed E-state index contributed by atoms with van der Waals surface area (Å²) in [5, 5.41) is 0. The van der Waals surface area contributed by atoms with E-state index in [1.54, 1.807) is 0 Å². The van der Waals surface area contributed by atoms with E-state index in [4.69, 9.17) is 4.43 Å². The average Bonchev–Trinajstić information content (AvgIpc) is 2.64. The second-order valence-corrected chi connectivity index (χ2v) is 24.9. The van der Waals surface area contributed by atoms with E-state index in [1.165, 1.54) is 36.9 Å². The lowest BCUT2D eigenvalue weighted by molar-refractivity contribution is 0.0796. The van der Waals surface area contributed by atoms with Gasteiger partial charge in [-0.25, -0.2) is 0 Å². The van der Waals surface area contributed by atoms with Crippen LogP contribution in [-0.2, 0) is 4.43 Å². The third-order valence-corrected chi connectivity index (χ3v) is 12.1. The zero-order valence-corrected chi connectivity index (χ0v) is 22.9. The molecule has 0 bridgehead atoms. The van der Waals surface area contributed by atoms with E-state index in [-0.39, 0.29) is 5.60 Å². The molecule has 1 aromatic rings. The Balaban J connectivity index is 2.04. The lowest BCUT2D eigenvalue weighted by Crippen LogP contribution is -2.43. The summed E-state index contributed by atoms with van der Waals surface area (Å²) < 4.78 is 6.68. The second kappa shape index (κ2) is 9.96. The molecule has 2 rings (SSSR count). The van der Waals surface area contributed by atoms with Gasteiger partial charge in [0.1, 0.15) is 13.7 Å². The third-order valence-electron chi connectivity index (χ3n) is 5.71. The van der Waals surface area contributed by atoms with E-state index < -0.39 is 24.5 Å². The van der Waals surface area contributed by atoms with Gasteiger partial charge in [-0.3, -0.25) is 0 Å². The van der Waals surface area contributed by atoms with Gasteiger partial charge >= 0.3 is 0 Å². The second-order valence-electron chi connectivity index (χ2n) is 11.1. The van der Waals surface area contributed by atoms with E-state index in [2.05, 4.69) is 99.4 Å². The third kappa shape index (κ3) is 9.21. The highest BCUT2D eigenvalue weighted by atomic mass is 28.4. The first kappa shape index (κ1) is 24.4. The Morgan fingerprint density at radius 3 is 2.10 bits per heavy atom. The lowest BCUT2D eigenvalue weighted by atomic mass is 9.86. The molecule has 1 saturated carbocycles. The molecule has 0 spiro atoms. The number of rotatable bonds is 7. The molecule has 0 saturated heterocycles. The minimum atomic E-state index is -1.59. The Kier molecular flexibility index (Phi) is 8.38. The Bertz CT molecular complexity index is 727. The summed E-state index contributed by atoms with van der Waals surface area (Å²) in [6.07, 6.45) is 8.47. The van der Waals surface area contributed by atoms with E-state index in [1.807, 2.05) is 0 Å². The molecule has 0 unspecified atom stereocenters. The summed E-state index contributed by atoms with van der Waals surface area (Å²) in [4.78, 5) is 0. The first-order valence-corrected chi connectivity index (χ1v) is 21.3. The van der Waals surface area contributed by atoms with Gasteiger partial charge in [-0.15, -0.1) is 5.54 Å². The average molecular weight is 443 g/mol. The smallest absolute Gasteiger partial charge is 0.185 e. The summed E-state index contributed by atoms with van der Waals surface area (Å²) in [6, 6.07) is 13.3. The Morgan fingerprint density at radius 1 is 0.897 bits per heavy atom. The predicted octanol–water partition coefficient (Wildman–Crippen LogP) is 7.75.